The molecule has 1 aliphatic rings. The maximum Gasteiger partial charge on any atom is 0.165 e. The Morgan fingerprint density at radius 3 is 2.83 bits per heavy atom. The van der Waals surface area contributed by atoms with Crippen molar-refractivity contribution in [1.82, 2.24) is 5.32 Å². The van der Waals surface area contributed by atoms with Crippen LogP contribution in [0.4, 0.5) is 4.39 Å². The highest BCUT2D eigenvalue weighted by Crippen LogP contribution is 2.24. The van der Waals surface area contributed by atoms with Gasteiger partial charge in [-0.2, -0.15) is 0 Å². The predicted octanol–water partition coefficient (Wildman–Crippen LogP) is 1.70. The molecule has 3 N–H and O–H groups in total. The van der Waals surface area contributed by atoms with E-state index in [0.29, 0.717) is 11.8 Å². The van der Waals surface area contributed by atoms with Crippen LogP contribution in [-0.2, 0) is 6.42 Å². The summed E-state index contributed by atoms with van der Waals surface area (Å²) in [5, 5.41) is 3.40. The van der Waals surface area contributed by atoms with E-state index in [-0.39, 0.29) is 5.82 Å². The average Bonchev–Trinajstić information content (AvgIpc) is 2.32. The number of ether oxygens (including phenoxy) is 1. The van der Waals surface area contributed by atoms with Gasteiger partial charge in [0.1, 0.15) is 0 Å². The molecule has 1 aromatic rings. The average molecular weight is 252 g/mol. The van der Waals surface area contributed by atoms with Crippen LogP contribution in [0.25, 0.3) is 0 Å². The van der Waals surface area contributed by atoms with Crippen molar-refractivity contribution in [2.75, 3.05) is 20.2 Å². The SMILES string of the molecule is COc1ccc(CCNCC2CC(N)C2)cc1F. The fourth-order valence-corrected chi connectivity index (χ4v) is 2.36. The van der Waals surface area contributed by atoms with E-state index in [9.17, 15) is 4.39 Å². The lowest BCUT2D eigenvalue weighted by Crippen LogP contribution is -2.41. The Morgan fingerprint density at radius 1 is 1.44 bits per heavy atom. The summed E-state index contributed by atoms with van der Waals surface area (Å²) in [7, 11) is 1.48. The zero-order chi connectivity index (χ0) is 13.0. The van der Waals surface area contributed by atoms with Gasteiger partial charge in [0.05, 0.1) is 7.11 Å². The van der Waals surface area contributed by atoms with Crippen molar-refractivity contribution in [3.8, 4) is 5.75 Å². The molecule has 0 atom stereocenters. The van der Waals surface area contributed by atoms with E-state index in [1.54, 1.807) is 12.1 Å². The van der Waals surface area contributed by atoms with Crippen LogP contribution in [0, 0.1) is 11.7 Å². The molecule has 0 unspecified atom stereocenters. The summed E-state index contributed by atoms with van der Waals surface area (Å²) < 4.78 is 18.3. The van der Waals surface area contributed by atoms with Crippen molar-refractivity contribution in [3.05, 3.63) is 29.6 Å². The maximum atomic E-state index is 13.4. The van der Waals surface area contributed by atoms with E-state index in [1.165, 1.54) is 7.11 Å². The van der Waals surface area contributed by atoms with Crippen LogP contribution in [0.1, 0.15) is 18.4 Å². The third kappa shape index (κ3) is 3.43. The van der Waals surface area contributed by atoms with E-state index >= 15 is 0 Å². The van der Waals surface area contributed by atoms with Crippen LogP contribution in [0.2, 0.25) is 0 Å². The van der Waals surface area contributed by atoms with Gasteiger partial charge in [0, 0.05) is 6.04 Å². The van der Waals surface area contributed by atoms with E-state index < -0.39 is 0 Å². The normalized spacial score (nSPS) is 22.6. The molecule has 1 aromatic carbocycles. The standard InChI is InChI=1S/C14H21FN2O/c1-18-14-3-2-10(8-13(14)15)4-5-17-9-11-6-12(16)7-11/h2-3,8,11-12,17H,4-7,9,16H2,1H3. The minimum atomic E-state index is -0.292. The maximum absolute atomic E-state index is 13.4. The molecule has 3 nitrogen and oxygen atoms in total. The molecular formula is C14H21FN2O. The first-order valence-corrected chi connectivity index (χ1v) is 6.47. The second-order valence-corrected chi connectivity index (χ2v) is 5.02. The first-order valence-electron chi connectivity index (χ1n) is 6.47. The first-order chi connectivity index (χ1) is 8.69. The minimum absolute atomic E-state index is 0.292. The van der Waals surface area contributed by atoms with Crippen LogP contribution >= 0.6 is 0 Å². The molecule has 2 rings (SSSR count). The lowest BCUT2D eigenvalue weighted by molar-refractivity contribution is 0.257. The molecule has 0 bridgehead atoms. The Kier molecular flexibility index (Phi) is 4.55. The fraction of sp³-hybridized carbons (Fsp3) is 0.571. The third-order valence-electron chi connectivity index (χ3n) is 3.51. The molecule has 0 amide bonds. The highest BCUT2D eigenvalue weighted by molar-refractivity contribution is 5.29. The molecule has 0 aliphatic heterocycles. The lowest BCUT2D eigenvalue weighted by Gasteiger charge is -2.32. The van der Waals surface area contributed by atoms with Crippen molar-refractivity contribution >= 4 is 0 Å². The fourth-order valence-electron chi connectivity index (χ4n) is 2.36. The summed E-state index contributed by atoms with van der Waals surface area (Å²) >= 11 is 0. The largest absolute Gasteiger partial charge is 0.494 e. The Balaban J connectivity index is 1.68. The van der Waals surface area contributed by atoms with Gasteiger partial charge >= 0.3 is 0 Å². The van der Waals surface area contributed by atoms with Crippen LogP contribution in [0.3, 0.4) is 0 Å². The van der Waals surface area contributed by atoms with Crippen molar-refractivity contribution < 1.29 is 9.13 Å². The Bertz CT molecular complexity index is 391. The first kappa shape index (κ1) is 13.3. The Hall–Kier alpha value is -1.13. The van der Waals surface area contributed by atoms with Gasteiger partial charge in [0.2, 0.25) is 0 Å². The summed E-state index contributed by atoms with van der Waals surface area (Å²) in [5.41, 5.74) is 6.72. The Labute approximate surface area is 108 Å². The highest BCUT2D eigenvalue weighted by atomic mass is 19.1. The number of rotatable bonds is 6. The van der Waals surface area contributed by atoms with Crippen LogP contribution in [0.15, 0.2) is 18.2 Å². The lowest BCUT2D eigenvalue weighted by atomic mass is 9.81. The summed E-state index contributed by atoms with van der Waals surface area (Å²) in [6.45, 7) is 1.89. The van der Waals surface area contributed by atoms with Gasteiger partial charge in [-0.05, 0) is 56.0 Å². The summed E-state index contributed by atoms with van der Waals surface area (Å²) in [6.07, 6.45) is 3.09. The molecule has 1 saturated carbocycles. The van der Waals surface area contributed by atoms with Gasteiger partial charge < -0.3 is 15.8 Å². The molecule has 1 aliphatic carbocycles. The van der Waals surface area contributed by atoms with Crippen molar-refractivity contribution in [2.24, 2.45) is 11.7 Å². The topological polar surface area (TPSA) is 47.3 Å². The molecule has 18 heavy (non-hydrogen) atoms. The number of methoxy groups -OCH3 is 1. The van der Waals surface area contributed by atoms with Gasteiger partial charge in [0.15, 0.2) is 11.6 Å². The van der Waals surface area contributed by atoms with Gasteiger partial charge in [-0.3, -0.25) is 0 Å². The number of hydrogen-bond acceptors (Lipinski definition) is 3. The van der Waals surface area contributed by atoms with Gasteiger partial charge in [-0.1, -0.05) is 6.07 Å². The molecule has 0 saturated heterocycles. The van der Waals surface area contributed by atoms with E-state index in [1.807, 2.05) is 6.07 Å². The Morgan fingerprint density at radius 2 is 2.22 bits per heavy atom. The molecule has 100 valence electrons. The monoisotopic (exact) mass is 252 g/mol. The van der Waals surface area contributed by atoms with E-state index in [0.717, 1.165) is 43.8 Å². The smallest absolute Gasteiger partial charge is 0.165 e. The van der Waals surface area contributed by atoms with Gasteiger partial charge in [-0.15, -0.1) is 0 Å². The number of halogens is 1. The highest BCUT2D eigenvalue weighted by Gasteiger charge is 2.24. The number of nitrogens with one attached hydrogen (secondary N) is 1. The molecule has 0 spiro atoms. The minimum Gasteiger partial charge on any atom is -0.494 e. The number of benzene rings is 1. The van der Waals surface area contributed by atoms with Crippen molar-refractivity contribution in [1.29, 1.82) is 0 Å². The predicted molar refractivity (Wildman–Crippen MR) is 70.2 cm³/mol. The number of hydrogen-bond donors (Lipinski definition) is 2. The molecule has 4 heteroatoms. The third-order valence-corrected chi connectivity index (χ3v) is 3.51. The van der Waals surface area contributed by atoms with Gasteiger partial charge in [-0.25, -0.2) is 4.39 Å². The van der Waals surface area contributed by atoms with Gasteiger partial charge in [0.25, 0.3) is 0 Å². The summed E-state index contributed by atoms with van der Waals surface area (Å²) in [5.74, 6) is 0.739. The van der Waals surface area contributed by atoms with Crippen LogP contribution in [-0.4, -0.2) is 26.2 Å². The molecular weight excluding hydrogens is 231 g/mol. The summed E-state index contributed by atoms with van der Waals surface area (Å²) in [6, 6.07) is 5.53. The van der Waals surface area contributed by atoms with Crippen molar-refractivity contribution in [2.45, 2.75) is 25.3 Å². The molecule has 0 radical (unpaired) electrons. The zero-order valence-electron chi connectivity index (χ0n) is 10.8. The quantitative estimate of drug-likeness (QED) is 0.758. The summed E-state index contributed by atoms with van der Waals surface area (Å²) in [4.78, 5) is 0. The van der Waals surface area contributed by atoms with Crippen LogP contribution in [0.5, 0.6) is 5.75 Å². The molecule has 0 aromatic heterocycles. The second kappa shape index (κ2) is 6.16. The second-order valence-electron chi connectivity index (χ2n) is 5.02. The number of nitrogens with two attached hydrogens (primary N) is 1. The molecule has 0 heterocycles. The van der Waals surface area contributed by atoms with Crippen molar-refractivity contribution in [3.63, 3.8) is 0 Å². The molecule has 1 fully saturated rings. The van der Waals surface area contributed by atoms with E-state index in [2.05, 4.69) is 5.32 Å². The van der Waals surface area contributed by atoms with Crippen LogP contribution < -0.4 is 15.8 Å². The zero-order valence-corrected chi connectivity index (χ0v) is 10.8. The van der Waals surface area contributed by atoms with E-state index in [4.69, 9.17) is 10.5 Å².